The van der Waals surface area contributed by atoms with Crippen LogP contribution in [0.2, 0.25) is 0 Å². The van der Waals surface area contributed by atoms with Crippen molar-refractivity contribution in [1.82, 2.24) is 20.2 Å². The number of nitrogens with zero attached hydrogens (tertiary/aromatic N) is 3. The lowest BCUT2D eigenvalue weighted by Gasteiger charge is -2.26. The molecule has 1 saturated heterocycles. The van der Waals surface area contributed by atoms with Gasteiger partial charge in [0.1, 0.15) is 5.82 Å². The van der Waals surface area contributed by atoms with E-state index in [2.05, 4.69) is 42.0 Å². The van der Waals surface area contributed by atoms with E-state index in [0.717, 1.165) is 50.7 Å². The van der Waals surface area contributed by atoms with Gasteiger partial charge in [-0.05, 0) is 25.3 Å². The largest absolute Gasteiger partial charge is 0.314 e. The molecule has 0 unspecified atom stereocenters. The van der Waals surface area contributed by atoms with E-state index in [1.807, 2.05) is 0 Å². The molecule has 0 saturated carbocycles. The van der Waals surface area contributed by atoms with Crippen LogP contribution in [0.4, 0.5) is 0 Å². The number of hydrogen-bond acceptors (Lipinski definition) is 4. The zero-order chi connectivity index (χ0) is 13.0. The van der Waals surface area contributed by atoms with Crippen LogP contribution < -0.4 is 5.32 Å². The second-order valence-corrected chi connectivity index (χ2v) is 5.54. The molecule has 0 bridgehead atoms. The molecule has 0 aromatic carbocycles. The fourth-order valence-corrected chi connectivity index (χ4v) is 2.36. The van der Waals surface area contributed by atoms with E-state index in [1.54, 1.807) is 0 Å². The monoisotopic (exact) mass is 248 g/mol. The number of nitrogens with one attached hydrogen (secondary N) is 1. The predicted molar refractivity (Wildman–Crippen MR) is 73.5 cm³/mol. The van der Waals surface area contributed by atoms with Crippen LogP contribution in [0.3, 0.4) is 0 Å². The summed E-state index contributed by atoms with van der Waals surface area (Å²) in [4.78, 5) is 11.7. The molecule has 0 amide bonds. The van der Waals surface area contributed by atoms with Gasteiger partial charge in [-0.1, -0.05) is 13.8 Å². The van der Waals surface area contributed by atoms with E-state index in [9.17, 15) is 0 Å². The summed E-state index contributed by atoms with van der Waals surface area (Å²) in [5.41, 5.74) is 2.27. The second kappa shape index (κ2) is 6.25. The van der Waals surface area contributed by atoms with E-state index in [4.69, 9.17) is 4.98 Å². The summed E-state index contributed by atoms with van der Waals surface area (Å²) in [5.74, 6) is 1.62. The van der Waals surface area contributed by atoms with Gasteiger partial charge in [-0.15, -0.1) is 0 Å². The van der Waals surface area contributed by atoms with Crippen molar-refractivity contribution in [2.75, 3.05) is 26.2 Å². The van der Waals surface area contributed by atoms with Crippen LogP contribution in [-0.2, 0) is 13.0 Å². The Morgan fingerprint density at radius 1 is 1.28 bits per heavy atom. The molecule has 4 nitrogen and oxygen atoms in total. The van der Waals surface area contributed by atoms with Gasteiger partial charge in [0.05, 0.1) is 6.54 Å². The lowest BCUT2D eigenvalue weighted by molar-refractivity contribution is 0.227. The minimum absolute atomic E-state index is 0.645. The average Bonchev–Trinajstić information content (AvgIpc) is 2.28. The standard InChI is InChI=1S/C14H24N4/c1-11(2)8-13-9-12(3)16-14(17-13)10-18-6-4-15-5-7-18/h9,11,15H,4-8,10H2,1-3H3. The molecule has 1 aliphatic rings. The van der Waals surface area contributed by atoms with E-state index in [1.165, 1.54) is 5.69 Å². The number of aromatic nitrogens is 2. The van der Waals surface area contributed by atoms with Crippen molar-refractivity contribution >= 4 is 0 Å². The summed E-state index contributed by atoms with van der Waals surface area (Å²) in [7, 11) is 0. The predicted octanol–water partition coefficient (Wildman–Crippen LogP) is 1.39. The maximum Gasteiger partial charge on any atom is 0.142 e. The Balaban J connectivity index is 2.04. The Bertz CT molecular complexity index is 383. The first-order valence-electron chi connectivity index (χ1n) is 6.90. The molecule has 2 heterocycles. The molecule has 0 atom stereocenters. The Labute approximate surface area is 110 Å². The Morgan fingerprint density at radius 2 is 2.00 bits per heavy atom. The van der Waals surface area contributed by atoms with Crippen LogP contribution >= 0.6 is 0 Å². The highest BCUT2D eigenvalue weighted by molar-refractivity contribution is 5.10. The summed E-state index contributed by atoms with van der Waals surface area (Å²) in [6.07, 6.45) is 1.04. The van der Waals surface area contributed by atoms with Crippen LogP contribution in [-0.4, -0.2) is 41.0 Å². The van der Waals surface area contributed by atoms with Crippen molar-refractivity contribution in [3.8, 4) is 0 Å². The number of rotatable bonds is 4. The normalized spacial score (nSPS) is 17.3. The molecule has 1 aromatic rings. The first-order valence-corrected chi connectivity index (χ1v) is 6.90. The molecule has 1 fully saturated rings. The highest BCUT2D eigenvalue weighted by Gasteiger charge is 2.12. The molecule has 0 aliphatic carbocycles. The summed E-state index contributed by atoms with van der Waals surface area (Å²) in [6, 6.07) is 2.11. The average molecular weight is 248 g/mol. The third-order valence-electron chi connectivity index (χ3n) is 3.15. The van der Waals surface area contributed by atoms with Crippen LogP contribution in [0, 0.1) is 12.8 Å². The summed E-state index contributed by atoms with van der Waals surface area (Å²) >= 11 is 0. The highest BCUT2D eigenvalue weighted by Crippen LogP contribution is 2.09. The quantitative estimate of drug-likeness (QED) is 0.874. The highest BCUT2D eigenvalue weighted by atomic mass is 15.2. The van der Waals surface area contributed by atoms with Gasteiger partial charge in [0.15, 0.2) is 0 Å². The minimum Gasteiger partial charge on any atom is -0.314 e. The lowest BCUT2D eigenvalue weighted by atomic mass is 10.1. The summed E-state index contributed by atoms with van der Waals surface area (Å²) in [6.45, 7) is 11.7. The van der Waals surface area contributed by atoms with Gasteiger partial charge < -0.3 is 5.32 Å². The van der Waals surface area contributed by atoms with Crippen molar-refractivity contribution in [3.63, 3.8) is 0 Å². The molecule has 0 radical (unpaired) electrons. The van der Waals surface area contributed by atoms with Gasteiger partial charge in [0.2, 0.25) is 0 Å². The van der Waals surface area contributed by atoms with Crippen molar-refractivity contribution in [3.05, 3.63) is 23.3 Å². The molecular weight excluding hydrogens is 224 g/mol. The SMILES string of the molecule is Cc1cc(CC(C)C)nc(CN2CCNCC2)n1. The number of aryl methyl sites for hydroxylation is 1. The summed E-state index contributed by atoms with van der Waals surface area (Å²) < 4.78 is 0. The lowest BCUT2D eigenvalue weighted by Crippen LogP contribution is -2.43. The summed E-state index contributed by atoms with van der Waals surface area (Å²) in [5, 5.41) is 3.37. The fraction of sp³-hybridized carbons (Fsp3) is 0.714. The molecule has 4 heteroatoms. The molecule has 1 N–H and O–H groups in total. The zero-order valence-electron chi connectivity index (χ0n) is 11.7. The van der Waals surface area contributed by atoms with Crippen molar-refractivity contribution < 1.29 is 0 Å². The van der Waals surface area contributed by atoms with Crippen molar-refractivity contribution in [2.24, 2.45) is 5.92 Å². The molecule has 18 heavy (non-hydrogen) atoms. The van der Waals surface area contributed by atoms with E-state index >= 15 is 0 Å². The van der Waals surface area contributed by atoms with Crippen molar-refractivity contribution in [1.29, 1.82) is 0 Å². The Morgan fingerprint density at radius 3 is 2.67 bits per heavy atom. The third-order valence-corrected chi connectivity index (χ3v) is 3.15. The van der Waals surface area contributed by atoms with E-state index < -0.39 is 0 Å². The van der Waals surface area contributed by atoms with Crippen LogP contribution in [0.15, 0.2) is 6.07 Å². The van der Waals surface area contributed by atoms with Gasteiger partial charge in [-0.25, -0.2) is 9.97 Å². The maximum absolute atomic E-state index is 4.69. The first-order chi connectivity index (χ1) is 8.63. The third kappa shape index (κ3) is 4.03. The smallest absolute Gasteiger partial charge is 0.142 e. The van der Waals surface area contributed by atoms with Gasteiger partial charge in [0, 0.05) is 37.6 Å². The van der Waals surface area contributed by atoms with Gasteiger partial charge in [0.25, 0.3) is 0 Å². The molecule has 2 rings (SSSR count). The molecule has 0 spiro atoms. The Hall–Kier alpha value is -1.00. The van der Waals surface area contributed by atoms with Gasteiger partial charge in [-0.2, -0.15) is 0 Å². The molecular formula is C14H24N4. The van der Waals surface area contributed by atoms with Crippen LogP contribution in [0.1, 0.15) is 31.1 Å². The van der Waals surface area contributed by atoms with Gasteiger partial charge in [-0.3, -0.25) is 4.90 Å². The second-order valence-electron chi connectivity index (χ2n) is 5.54. The van der Waals surface area contributed by atoms with Gasteiger partial charge >= 0.3 is 0 Å². The minimum atomic E-state index is 0.645. The zero-order valence-corrected chi connectivity index (χ0v) is 11.7. The number of piperazine rings is 1. The molecule has 1 aliphatic heterocycles. The van der Waals surface area contributed by atoms with E-state index in [0.29, 0.717) is 5.92 Å². The topological polar surface area (TPSA) is 41.1 Å². The van der Waals surface area contributed by atoms with Crippen LogP contribution in [0.5, 0.6) is 0 Å². The van der Waals surface area contributed by atoms with Crippen LogP contribution in [0.25, 0.3) is 0 Å². The molecule has 1 aromatic heterocycles. The number of hydrogen-bond donors (Lipinski definition) is 1. The first kappa shape index (κ1) is 13.4. The van der Waals surface area contributed by atoms with E-state index in [-0.39, 0.29) is 0 Å². The fourth-order valence-electron chi connectivity index (χ4n) is 2.36. The molecule has 100 valence electrons. The Kier molecular flexibility index (Phi) is 4.66. The maximum atomic E-state index is 4.69. The van der Waals surface area contributed by atoms with Crippen molar-refractivity contribution in [2.45, 2.75) is 33.7 Å².